The van der Waals surface area contributed by atoms with Crippen molar-refractivity contribution in [1.82, 2.24) is 0 Å². The minimum absolute atomic E-state index is 0.746. The van der Waals surface area contributed by atoms with Crippen LogP contribution < -0.4 is 0 Å². The average molecular weight is 208 g/mol. The SMILES string of the molecule is C=C(CC)C1C(C)C(C)C(C)C(C)C1C. The average Bonchev–Trinajstić information content (AvgIpc) is 2.23. The molecule has 1 rings (SSSR count). The topological polar surface area (TPSA) is 0 Å². The van der Waals surface area contributed by atoms with Crippen molar-refractivity contribution < 1.29 is 0 Å². The van der Waals surface area contributed by atoms with Gasteiger partial charge < -0.3 is 0 Å². The number of allylic oxidation sites excluding steroid dienone is 1. The number of rotatable bonds is 2. The summed E-state index contributed by atoms with van der Waals surface area (Å²) in [5.74, 6) is 4.89. The Labute approximate surface area is 96.2 Å². The monoisotopic (exact) mass is 208 g/mol. The summed E-state index contributed by atoms with van der Waals surface area (Å²) in [4.78, 5) is 0. The molecule has 0 saturated heterocycles. The first-order chi connectivity index (χ1) is 6.91. The quantitative estimate of drug-likeness (QED) is 0.574. The molecular formula is C15H28. The van der Waals surface area contributed by atoms with Crippen LogP contribution in [-0.2, 0) is 0 Å². The molecule has 0 N–H and O–H groups in total. The van der Waals surface area contributed by atoms with Gasteiger partial charge in [0.2, 0.25) is 0 Å². The van der Waals surface area contributed by atoms with Gasteiger partial charge in [0, 0.05) is 0 Å². The fraction of sp³-hybridized carbons (Fsp3) is 0.867. The van der Waals surface area contributed by atoms with E-state index in [0.717, 1.165) is 41.9 Å². The van der Waals surface area contributed by atoms with E-state index in [4.69, 9.17) is 0 Å². The highest BCUT2D eigenvalue weighted by Crippen LogP contribution is 2.48. The van der Waals surface area contributed by atoms with E-state index in [1.54, 1.807) is 0 Å². The van der Waals surface area contributed by atoms with Crippen LogP contribution in [0.5, 0.6) is 0 Å². The van der Waals surface area contributed by atoms with Crippen LogP contribution in [-0.4, -0.2) is 0 Å². The van der Waals surface area contributed by atoms with Crippen molar-refractivity contribution in [3.63, 3.8) is 0 Å². The van der Waals surface area contributed by atoms with E-state index in [-0.39, 0.29) is 0 Å². The summed E-state index contributed by atoms with van der Waals surface area (Å²) < 4.78 is 0. The van der Waals surface area contributed by atoms with E-state index in [0.29, 0.717) is 0 Å². The van der Waals surface area contributed by atoms with Gasteiger partial charge in [-0.3, -0.25) is 0 Å². The van der Waals surface area contributed by atoms with E-state index in [9.17, 15) is 0 Å². The second-order valence-electron chi connectivity index (χ2n) is 5.83. The van der Waals surface area contributed by atoms with Gasteiger partial charge in [-0.05, 0) is 41.9 Å². The maximum atomic E-state index is 4.29. The molecule has 0 aromatic rings. The second-order valence-corrected chi connectivity index (χ2v) is 5.83. The van der Waals surface area contributed by atoms with Gasteiger partial charge in [0.25, 0.3) is 0 Å². The van der Waals surface area contributed by atoms with E-state index >= 15 is 0 Å². The predicted octanol–water partition coefficient (Wildman–Crippen LogP) is 4.76. The zero-order chi connectivity index (χ0) is 11.7. The molecule has 0 aromatic carbocycles. The Balaban J connectivity index is 2.91. The van der Waals surface area contributed by atoms with Crippen molar-refractivity contribution in [2.24, 2.45) is 35.5 Å². The zero-order valence-electron chi connectivity index (χ0n) is 11.4. The highest BCUT2D eigenvalue weighted by Gasteiger charge is 2.41. The lowest BCUT2D eigenvalue weighted by Crippen LogP contribution is -2.41. The first-order valence-electron chi connectivity index (χ1n) is 6.59. The lowest BCUT2D eigenvalue weighted by Gasteiger charge is -2.48. The molecule has 1 saturated carbocycles. The van der Waals surface area contributed by atoms with Crippen LogP contribution in [0.15, 0.2) is 12.2 Å². The highest BCUT2D eigenvalue weighted by molar-refractivity contribution is 5.07. The second kappa shape index (κ2) is 4.72. The molecule has 4 atom stereocenters. The van der Waals surface area contributed by atoms with Crippen LogP contribution in [0.25, 0.3) is 0 Å². The highest BCUT2D eigenvalue weighted by atomic mass is 14.5. The molecule has 1 aliphatic carbocycles. The Morgan fingerprint density at radius 2 is 1.13 bits per heavy atom. The van der Waals surface area contributed by atoms with E-state index in [1.807, 2.05) is 0 Å². The molecule has 0 nitrogen and oxygen atoms in total. The Kier molecular flexibility index (Phi) is 4.03. The van der Waals surface area contributed by atoms with Crippen LogP contribution in [0.1, 0.15) is 48.0 Å². The van der Waals surface area contributed by atoms with Gasteiger partial charge in [-0.15, -0.1) is 0 Å². The van der Waals surface area contributed by atoms with E-state index in [2.05, 4.69) is 48.1 Å². The Morgan fingerprint density at radius 3 is 1.47 bits per heavy atom. The Hall–Kier alpha value is -0.260. The summed E-state index contributed by atoms with van der Waals surface area (Å²) in [6, 6.07) is 0. The predicted molar refractivity (Wildman–Crippen MR) is 68.7 cm³/mol. The lowest BCUT2D eigenvalue weighted by atomic mass is 9.57. The summed E-state index contributed by atoms with van der Waals surface area (Å²) in [7, 11) is 0. The third-order valence-corrected chi connectivity index (χ3v) is 5.38. The standard InChI is InChI=1S/C15H28/c1-8-9(2)15-13(6)11(4)10(3)12(5)14(15)7/h10-15H,2,8H2,1,3-7H3. The zero-order valence-corrected chi connectivity index (χ0v) is 11.4. The normalized spacial score (nSPS) is 46.5. The third-order valence-electron chi connectivity index (χ3n) is 5.38. The van der Waals surface area contributed by atoms with Crippen LogP contribution in [0, 0.1) is 35.5 Å². The molecular weight excluding hydrogens is 180 g/mol. The van der Waals surface area contributed by atoms with Crippen molar-refractivity contribution in [3.8, 4) is 0 Å². The molecule has 0 aliphatic heterocycles. The lowest BCUT2D eigenvalue weighted by molar-refractivity contribution is 0.0378. The summed E-state index contributed by atoms with van der Waals surface area (Å²) >= 11 is 0. The fourth-order valence-electron chi connectivity index (χ4n) is 3.55. The third kappa shape index (κ3) is 2.14. The van der Waals surface area contributed by atoms with Crippen LogP contribution in [0.3, 0.4) is 0 Å². The minimum Gasteiger partial charge on any atom is -0.0996 e. The summed E-state index contributed by atoms with van der Waals surface area (Å²) in [6.45, 7) is 18.7. The molecule has 0 bridgehead atoms. The van der Waals surface area contributed by atoms with Gasteiger partial charge in [0.1, 0.15) is 0 Å². The van der Waals surface area contributed by atoms with Gasteiger partial charge in [0.05, 0.1) is 0 Å². The number of hydrogen-bond donors (Lipinski definition) is 0. The van der Waals surface area contributed by atoms with Gasteiger partial charge in [-0.2, -0.15) is 0 Å². The van der Waals surface area contributed by atoms with Crippen LogP contribution in [0.2, 0.25) is 0 Å². The molecule has 0 radical (unpaired) electrons. The number of hydrogen-bond acceptors (Lipinski definition) is 0. The molecule has 1 aliphatic rings. The molecule has 0 heterocycles. The van der Waals surface area contributed by atoms with Crippen molar-refractivity contribution in [3.05, 3.63) is 12.2 Å². The first-order valence-corrected chi connectivity index (χ1v) is 6.59. The van der Waals surface area contributed by atoms with E-state index in [1.165, 1.54) is 5.57 Å². The van der Waals surface area contributed by atoms with Crippen molar-refractivity contribution in [1.29, 1.82) is 0 Å². The first kappa shape index (κ1) is 12.8. The molecule has 1 fully saturated rings. The smallest absolute Gasteiger partial charge is 0.0149 e. The molecule has 15 heavy (non-hydrogen) atoms. The Bertz CT molecular complexity index is 212. The van der Waals surface area contributed by atoms with Crippen molar-refractivity contribution in [2.75, 3.05) is 0 Å². The molecule has 0 spiro atoms. The molecule has 0 amide bonds. The van der Waals surface area contributed by atoms with Gasteiger partial charge >= 0.3 is 0 Å². The maximum absolute atomic E-state index is 4.29. The molecule has 0 heteroatoms. The summed E-state index contributed by atoms with van der Waals surface area (Å²) in [5.41, 5.74) is 1.47. The maximum Gasteiger partial charge on any atom is -0.0149 e. The summed E-state index contributed by atoms with van der Waals surface area (Å²) in [5, 5.41) is 0. The molecule has 4 unspecified atom stereocenters. The van der Waals surface area contributed by atoms with Crippen molar-refractivity contribution in [2.45, 2.75) is 48.0 Å². The fourth-order valence-corrected chi connectivity index (χ4v) is 3.55. The largest absolute Gasteiger partial charge is 0.0996 e. The molecule has 0 aromatic heterocycles. The summed E-state index contributed by atoms with van der Waals surface area (Å²) in [6.07, 6.45) is 1.15. The minimum atomic E-state index is 0.746. The van der Waals surface area contributed by atoms with Gasteiger partial charge in [-0.1, -0.05) is 53.7 Å². The van der Waals surface area contributed by atoms with E-state index < -0.39 is 0 Å². The van der Waals surface area contributed by atoms with Crippen LogP contribution >= 0.6 is 0 Å². The van der Waals surface area contributed by atoms with Crippen LogP contribution in [0.4, 0.5) is 0 Å². The Morgan fingerprint density at radius 1 is 0.800 bits per heavy atom. The molecule has 88 valence electrons. The van der Waals surface area contributed by atoms with Gasteiger partial charge in [-0.25, -0.2) is 0 Å². The van der Waals surface area contributed by atoms with Gasteiger partial charge in [0.15, 0.2) is 0 Å². The van der Waals surface area contributed by atoms with Crippen molar-refractivity contribution >= 4 is 0 Å².